The van der Waals surface area contributed by atoms with Crippen molar-refractivity contribution in [3.63, 3.8) is 0 Å². The largest absolute Gasteiger partial charge is 0.389 e. The maximum absolute atomic E-state index is 11.8. The van der Waals surface area contributed by atoms with Gasteiger partial charge in [-0.2, -0.15) is 13.2 Å². The second kappa shape index (κ2) is 6.83. The monoisotopic (exact) mass is 252 g/mol. The highest BCUT2D eigenvalue weighted by Crippen LogP contribution is 2.21. The predicted molar refractivity (Wildman–Crippen MR) is 58.5 cm³/mol. The van der Waals surface area contributed by atoms with E-state index in [0.717, 1.165) is 32.4 Å². The first kappa shape index (κ1) is 14.3. The SMILES string of the molecule is O=C(CCC(F)(F)F)NCCC1CCCNC1. The standard InChI is InChI=1S/C11H19F3N2O/c12-11(13,14)5-3-10(17)16-7-4-9-2-1-6-15-8-9/h9,15H,1-8H2,(H,16,17). The Morgan fingerprint density at radius 2 is 2.18 bits per heavy atom. The summed E-state index contributed by atoms with van der Waals surface area (Å²) >= 11 is 0. The average molecular weight is 252 g/mol. The minimum Gasteiger partial charge on any atom is -0.356 e. The van der Waals surface area contributed by atoms with E-state index in [2.05, 4.69) is 10.6 Å². The Hall–Kier alpha value is -0.780. The quantitative estimate of drug-likeness (QED) is 0.784. The summed E-state index contributed by atoms with van der Waals surface area (Å²) < 4.78 is 35.5. The van der Waals surface area contributed by atoms with Gasteiger partial charge >= 0.3 is 6.18 Å². The van der Waals surface area contributed by atoms with Crippen molar-refractivity contribution in [2.75, 3.05) is 19.6 Å². The van der Waals surface area contributed by atoms with Gasteiger partial charge in [0.1, 0.15) is 0 Å². The molecule has 1 rings (SSSR count). The Morgan fingerprint density at radius 3 is 2.76 bits per heavy atom. The summed E-state index contributed by atoms with van der Waals surface area (Å²) in [5.41, 5.74) is 0. The molecule has 0 aliphatic carbocycles. The molecule has 0 bridgehead atoms. The molecule has 1 atom stereocenters. The highest BCUT2D eigenvalue weighted by atomic mass is 19.4. The smallest absolute Gasteiger partial charge is 0.356 e. The Balaban J connectivity index is 2.03. The van der Waals surface area contributed by atoms with E-state index in [9.17, 15) is 18.0 Å². The highest BCUT2D eigenvalue weighted by molar-refractivity contribution is 5.75. The lowest BCUT2D eigenvalue weighted by Crippen LogP contribution is -2.33. The molecule has 0 aromatic heterocycles. The number of carbonyl (C=O) groups excluding carboxylic acids is 1. The second-order valence-electron chi connectivity index (χ2n) is 4.47. The molecule has 0 aromatic carbocycles. The van der Waals surface area contributed by atoms with E-state index in [-0.39, 0.29) is 0 Å². The zero-order chi connectivity index (χ0) is 12.7. The van der Waals surface area contributed by atoms with Crippen LogP contribution in [-0.4, -0.2) is 31.7 Å². The molecule has 17 heavy (non-hydrogen) atoms. The minimum absolute atomic E-state index is 0.466. The maximum atomic E-state index is 11.8. The first-order chi connectivity index (χ1) is 7.97. The van der Waals surface area contributed by atoms with E-state index in [1.165, 1.54) is 0 Å². The van der Waals surface area contributed by atoms with E-state index < -0.39 is 24.9 Å². The molecule has 0 saturated carbocycles. The van der Waals surface area contributed by atoms with Crippen molar-refractivity contribution in [2.24, 2.45) is 5.92 Å². The van der Waals surface area contributed by atoms with Crippen LogP contribution >= 0.6 is 0 Å². The predicted octanol–water partition coefficient (Wildman–Crippen LogP) is 1.83. The summed E-state index contributed by atoms with van der Waals surface area (Å²) in [6.45, 7) is 2.45. The molecule has 1 saturated heterocycles. The first-order valence-corrected chi connectivity index (χ1v) is 6.01. The van der Waals surface area contributed by atoms with Crippen molar-refractivity contribution in [1.82, 2.24) is 10.6 Å². The first-order valence-electron chi connectivity index (χ1n) is 6.01. The van der Waals surface area contributed by atoms with Crippen molar-refractivity contribution < 1.29 is 18.0 Å². The summed E-state index contributed by atoms with van der Waals surface area (Å²) in [4.78, 5) is 11.1. The van der Waals surface area contributed by atoms with Crippen LogP contribution in [0, 0.1) is 5.92 Å². The Labute approximate surface area is 99.1 Å². The van der Waals surface area contributed by atoms with Crippen LogP contribution in [0.3, 0.4) is 0 Å². The molecule has 1 aliphatic rings. The third-order valence-corrected chi connectivity index (χ3v) is 2.91. The summed E-state index contributed by atoms with van der Waals surface area (Å²) in [5, 5.41) is 5.79. The van der Waals surface area contributed by atoms with Gasteiger partial charge in [0, 0.05) is 13.0 Å². The van der Waals surface area contributed by atoms with Crippen LogP contribution in [0.4, 0.5) is 13.2 Å². The number of piperidine rings is 1. The lowest BCUT2D eigenvalue weighted by molar-refractivity contribution is -0.144. The fourth-order valence-electron chi connectivity index (χ4n) is 1.93. The van der Waals surface area contributed by atoms with Gasteiger partial charge in [-0.1, -0.05) is 0 Å². The Kier molecular flexibility index (Phi) is 5.74. The third-order valence-electron chi connectivity index (χ3n) is 2.91. The fourth-order valence-corrected chi connectivity index (χ4v) is 1.93. The lowest BCUT2D eigenvalue weighted by Gasteiger charge is -2.22. The molecule has 100 valence electrons. The molecule has 6 heteroatoms. The van der Waals surface area contributed by atoms with Crippen LogP contribution in [0.25, 0.3) is 0 Å². The van der Waals surface area contributed by atoms with Gasteiger partial charge in [0.25, 0.3) is 0 Å². The normalized spacial score (nSPS) is 21.2. The van der Waals surface area contributed by atoms with E-state index in [0.29, 0.717) is 12.5 Å². The number of amides is 1. The van der Waals surface area contributed by atoms with Gasteiger partial charge in [-0.15, -0.1) is 0 Å². The van der Waals surface area contributed by atoms with Gasteiger partial charge in [-0.3, -0.25) is 4.79 Å². The molecule has 2 N–H and O–H groups in total. The molecular formula is C11H19F3N2O. The van der Waals surface area contributed by atoms with E-state index in [1.807, 2.05) is 0 Å². The number of carbonyl (C=O) groups is 1. The van der Waals surface area contributed by atoms with E-state index in [4.69, 9.17) is 0 Å². The summed E-state index contributed by atoms with van der Waals surface area (Å²) in [6, 6.07) is 0. The maximum Gasteiger partial charge on any atom is 0.389 e. The number of nitrogens with one attached hydrogen (secondary N) is 2. The van der Waals surface area contributed by atoms with E-state index >= 15 is 0 Å². The topological polar surface area (TPSA) is 41.1 Å². The van der Waals surface area contributed by atoms with Crippen molar-refractivity contribution in [3.8, 4) is 0 Å². The van der Waals surface area contributed by atoms with E-state index in [1.54, 1.807) is 0 Å². The molecule has 1 fully saturated rings. The second-order valence-corrected chi connectivity index (χ2v) is 4.47. The zero-order valence-corrected chi connectivity index (χ0v) is 9.78. The molecule has 0 radical (unpaired) electrons. The van der Waals surface area contributed by atoms with Gasteiger partial charge in [-0.25, -0.2) is 0 Å². The van der Waals surface area contributed by atoms with Crippen LogP contribution in [0.15, 0.2) is 0 Å². The number of halogens is 3. The number of alkyl halides is 3. The molecule has 0 spiro atoms. The van der Waals surface area contributed by atoms with Crippen LogP contribution in [0.2, 0.25) is 0 Å². The Morgan fingerprint density at radius 1 is 1.41 bits per heavy atom. The van der Waals surface area contributed by atoms with Gasteiger partial charge in [0.2, 0.25) is 5.91 Å². The molecule has 1 amide bonds. The van der Waals surface area contributed by atoms with Gasteiger partial charge in [0.15, 0.2) is 0 Å². The number of hydrogen-bond acceptors (Lipinski definition) is 2. The van der Waals surface area contributed by atoms with Crippen LogP contribution in [-0.2, 0) is 4.79 Å². The molecule has 1 aliphatic heterocycles. The van der Waals surface area contributed by atoms with Crippen molar-refractivity contribution >= 4 is 5.91 Å². The van der Waals surface area contributed by atoms with Gasteiger partial charge in [-0.05, 0) is 38.3 Å². The molecule has 3 nitrogen and oxygen atoms in total. The summed E-state index contributed by atoms with van der Waals surface area (Å²) in [7, 11) is 0. The van der Waals surface area contributed by atoms with Crippen LogP contribution < -0.4 is 10.6 Å². The molecule has 1 unspecified atom stereocenters. The lowest BCUT2D eigenvalue weighted by atomic mass is 9.96. The van der Waals surface area contributed by atoms with Gasteiger partial charge in [0.05, 0.1) is 6.42 Å². The summed E-state index contributed by atoms with van der Waals surface area (Å²) in [6.07, 6.45) is -2.65. The van der Waals surface area contributed by atoms with Crippen molar-refractivity contribution in [3.05, 3.63) is 0 Å². The fraction of sp³-hybridized carbons (Fsp3) is 0.909. The number of rotatable bonds is 5. The zero-order valence-electron chi connectivity index (χ0n) is 9.78. The molecule has 1 heterocycles. The van der Waals surface area contributed by atoms with Gasteiger partial charge < -0.3 is 10.6 Å². The highest BCUT2D eigenvalue weighted by Gasteiger charge is 2.27. The van der Waals surface area contributed by atoms with Crippen LogP contribution in [0.1, 0.15) is 32.1 Å². The molecular weight excluding hydrogens is 233 g/mol. The van der Waals surface area contributed by atoms with Crippen molar-refractivity contribution in [1.29, 1.82) is 0 Å². The summed E-state index contributed by atoms with van der Waals surface area (Å²) in [5.74, 6) is 0.0257. The average Bonchev–Trinajstić information content (AvgIpc) is 2.27. The Bertz CT molecular complexity index is 237. The van der Waals surface area contributed by atoms with Crippen LogP contribution in [0.5, 0.6) is 0 Å². The minimum atomic E-state index is -4.25. The third kappa shape index (κ3) is 7.20. The molecule has 0 aromatic rings. The number of hydrogen-bond donors (Lipinski definition) is 2. The van der Waals surface area contributed by atoms with Crippen molar-refractivity contribution in [2.45, 2.75) is 38.3 Å².